The van der Waals surface area contributed by atoms with Crippen LogP contribution in [0.3, 0.4) is 0 Å². The zero-order chi connectivity index (χ0) is 10.1. The van der Waals surface area contributed by atoms with E-state index in [1.807, 2.05) is 0 Å². The molecule has 0 aliphatic rings. The molecule has 5 heteroatoms. The van der Waals surface area contributed by atoms with Gasteiger partial charge in [0.1, 0.15) is 0 Å². The van der Waals surface area contributed by atoms with E-state index in [-0.39, 0.29) is 0 Å². The minimum Gasteiger partial charge on any atom is -0.147 e. The second-order valence-corrected chi connectivity index (χ2v) is 7.80. The first-order valence-corrected chi connectivity index (χ1v) is 8.00. The lowest BCUT2D eigenvalue weighted by molar-refractivity contribution is 1.28. The Hall–Kier alpha value is 0.840. The summed E-state index contributed by atoms with van der Waals surface area (Å²) in [6, 6.07) is 6.37. The Balaban J connectivity index is 2.32. The van der Waals surface area contributed by atoms with Crippen LogP contribution in [0.15, 0.2) is 31.8 Å². The van der Waals surface area contributed by atoms with Crippen LogP contribution in [0.4, 0.5) is 0 Å². The maximum atomic E-state index is 3.70. The van der Waals surface area contributed by atoms with Crippen molar-refractivity contribution in [2.45, 2.75) is 4.83 Å². The molecule has 0 bridgehead atoms. The fourth-order valence-corrected chi connectivity index (χ4v) is 4.83. The molecule has 74 valence electrons. The minimum atomic E-state index is 0.315. The lowest BCUT2D eigenvalue weighted by Gasteiger charge is -2.02. The number of hydrogen-bond donors (Lipinski definition) is 0. The van der Waals surface area contributed by atoms with Gasteiger partial charge in [0.25, 0.3) is 0 Å². The fourth-order valence-electron chi connectivity index (χ4n) is 1.06. The highest BCUT2D eigenvalue weighted by atomic mass is 79.9. The predicted molar refractivity (Wildman–Crippen MR) is 74.8 cm³/mol. The van der Waals surface area contributed by atoms with Crippen LogP contribution in [0.1, 0.15) is 14.6 Å². The maximum absolute atomic E-state index is 3.70. The molecule has 0 aliphatic heterocycles. The Bertz CT molecular complexity index is 400. The quantitative estimate of drug-likeness (QED) is 0.541. The number of thiophene rings is 2. The first-order valence-electron chi connectivity index (χ1n) is 3.80. The average Bonchev–Trinajstić information content (AvgIpc) is 2.76. The maximum Gasteiger partial charge on any atom is 0.0843 e. The summed E-state index contributed by atoms with van der Waals surface area (Å²) in [6.45, 7) is 0. The molecule has 0 saturated heterocycles. The Morgan fingerprint density at radius 1 is 1.21 bits per heavy atom. The average molecular weight is 417 g/mol. The highest BCUT2D eigenvalue weighted by molar-refractivity contribution is 9.13. The van der Waals surface area contributed by atoms with Crippen LogP contribution in [-0.2, 0) is 0 Å². The van der Waals surface area contributed by atoms with Gasteiger partial charge in [-0.3, -0.25) is 0 Å². The Morgan fingerprint density at radius 3 is 2.50 bits per heavy atom. The summed E-state index contributed by atoms with van der Waals surface area (Å²) in [5.41, 5.74) is 0. The van der Waals surface area contributed by atoms with Gasteiger partial charge in [0.15, 0.2) is 0 Å². The topological polar surface area (TPSA) is 0 Å². The van der Waals surface area contributed by atoms with Gasteiger partial charge in [0, 0.05) is 14.2 Å². The molecule has 0 aromatic carbocycles. The molecule has 14 heavy (non-hydrogen) atoms. The Morgan fingerprint density at radius 2 is 2.00 bits per heavy atom. The van der Waals surface area contributed by atoms with Crippen molar-refractivity contribution >= 4 is 70.5 Å². The molecule has 2 aromatic rings. The Labute approximate surface area is 116 Å². The highest BCUT2D eigenvalue weighted by Gasteiger charge is 2.15. The van der Waals surface area contributed by atoms with Crippen LogP contribution in [0, 0.1) is 0 Å². The first-order chi connectivity index (χ1) is 6.68. The normalized spacial score (nSPS) is 13.1. The monoisotopic (exact) mass is 414 g/mol. The molecule has 0 spiro atoms. The Kier molecular flexibility index (Phi) is 3.87. The van der Waals surface area contributed by atoms with E-state index in [0.717, 1.165) is 8.26 Å². The highest BCUT2D eigenvalue weighted by Crippen LogP contribution is 2.42. The van der Waals surface area contributed by atoms with E-state index in [1.165, 1.54) is 9.75 Å². The summed E-state index contributed by atoms with van der Waals surface area (Å²) >= 11 is 14.2. The third-order valence-corrected chi connectivity index (χ3v) is 7.56. The lowest BCUT2D eigenvalue weighted by Crippen LogP contribution is -1.83. The van der Waals surface area contributed by atoms with Gasteiger partial charge in [-0.05, 0) is 49.4 Å². The molecule has 1 atom stereocenters. The van der Waals surface area contributed by atoms with Gasteiger partial charge in [-0.1, -0.05) is 22.0 Å². The van der Waals surface area contributed by atoms with Crippen LogP contribution in [-0.4, -0.2) is 0 Å². The van der Waals surface area contributed by atoms with Crippen molar-refractivity contribution in [2.24, 2.45) is 0 Å². The standard InChI is InChI=1S/C9H5Br3S2/c10-5-4-7(14-9(5)12)8(11)6-2-1-3-13-6/h1-4,8H. The summed E-state index contributed by atoms with van der Waals surface area (Å²) in [6.07, 6.45) is 0. The number of rotatable bonds is 2. The van der Waals surface area contributed by atoms with Crippen LogP contribution in [0.5, 0.6) is 0 Å². The SMILES string of the molecule is Brc1cc(C(Br)c2cccs2)sc1Br. The predicted octanol–water partition coefficient (Wildman–Crippen LogP) is 5.82. The first kappa shape index (κ1) is 11.3. The summed E-state index contributed by atoms with van der Waals surface area (Å²) in [5, 5.41) is 2.10. The number of halogens is 3. The summed E-state index contributed by atoms with van der Waals surface area (Å²) in [4.78, 5) is 2.97. The van der Waals surface area contributed by atoms with E-state index in [0.29, 0.717) is 4.83 Å². The van der Waals surface area contributed by atoms with Crippen LogP contribution in [0.25, 0.3) is 0 Å². The van der Waals surface area contributed by atoms with Crippen molar-refractivity contribution < 1.29 is 0 Å². The van der Waals surface area contributed by atoms with Gasteiger partial charge in [0.2, 0.25) is 0 Å². The van der Waals surface area contributed by atoms with Crippen molar-refractivity contribution in [3.63, 3.8) is 0 Å². The zero-order valence-corrected chi connectivity index (χ0v) is 13.2. The molecule has 0 aliphatic carbocycles. The molecule has 0 N–H and O–H groups in total. The molecule has 0 radical (unpaired) electrons. The van der Waals surface area contributed by atoms with E-state index >= 15 is 0 Å². The van der Waals surface area contributed by atoms with Crippen molar-refractivity contribution in [1.29, 1.82) is 0 Å². The minimum absolute atomic E-state index is 0.315. The molecule has 0 fully saturated rings. The lowest BCUT2D eigenvalue weighted by atomic mass is 10.3. The van der Waals surface area contributed by atoms with Gasteiger partial charge < -0.3 is 0 Å². The van der Waals surface area contributed by atoms with E-state index in [4.69, 9.17) is 0 Å². The van der Waals surface area contributed by atoms with Gasteiger partial charge >= 0.3 is 0 Å². The van der Waals surface area contributed by atoms with Crippen LogP contribution >= 0.6 is 70.5 Å². The molecule has 1 unspecified atom stereocenters. The van der Waals surface area contributed by atoms with Gasteiger partial charge in [0.05, 0.1) is 8.61 Å². The largest absolute Gasteiger partial charge is 0.147 e. The van der Waals surface area contributed by atoms with Crippen LogP contribution < -0.4 is 0 Å². The number of hydrogen-bond acceptors (Lipinski definition) is 2. The molecule has 0 amide bonds. The molecule has 2 heterocycles. The van der Waals surface area contributed by atoms with Crippen molar-refractivity contribution in [3.8, 4) is 0 Å². The van der Waals surface area contributed by atoms with E-state index in [2.05, 4.69) is 71.4 Å². The molecule has 0 nitrogen and oxygen atoms in total. The van der Waals surface area contributed by atoms with Gasteiger partial charge in [-0.25, -0.2) is 0 Å². The summed E-state index contributed by atoms with van der Waals surface area (Å²) in [7, 11) is 0. The fraction of sp³-hybridized carbons (Fsp3) is 0.111. The number of alkyl halides is 1. The van der Waals surface area contributed by atoms with Crippen molar-refractivity contribution in [2.75, 3.05) is 0 Å². The molecular weight excluding hydrogens is 412 g/mol. The molecular formula is C9H5Br3S2. The molecule has 0 saturated carbocycles. The van der Waals surface area contributed by atoms with E-state index in [1.54, 1.807) is 22.7 Å². The third kappa shape index (κ3) is 2.32. The summed E-state index contributed by atoms with van der Waals surface area (Å²) < 4.78 is 2.27. The van der Waals surface area contributed by atoms with E-state index < -0.39 is 0 Å². The zero-order valence-electron chi connectivity index (χ0n) is 6.84. The molecule has 2 aromatic heterocycles. The van der Waals surface area contributed by atoms with Crippen molar-refractivity contribution in [1.82, 2.24) is 0 Å². The molecule has 2 rings (SSSR count). The second kappa shape index (κ2) is 4.78. The second-order valence-electron chi connectivity index (χ2n) is 2.65. The van der Waals surface area contributed by atoms with E-state index in [9.17, 15) is 0 Å². The smallest absolute Gasteiger partial charge is 0.0843 e. The van der Waals surface area contributed by atoms with Crippen molar-refractivity contribution in [3.05, 3.63) is 41.6 Å². The summed E-state index contributed by atoms with van der Waals surface area (Å²) in [5.74, 6) is 0. The van der Waals surface area contributed by atoms with Gasteiger partial charge in [-0.2, -0.15) is 0 Å². The van der Waals surface area contributed by atoms with Gasteiger partial charge in [-0.15, -0.1) is 22.7 Å². The third-order valence-electron chi connectivity index (χ3n) is 1.71. The van der Waals surface area contributed by atoms with Crippen LogP contribution in [0.2, 0.25) is 0 Å².